The lowest BCUT2D eigenvalue weighted by Crippen LogP contribution is -2.49. The van der Waals surface area contributed by atoms with Gasteiger partial charge in [0.15, 0.2) is 0 Å². The maximum atomic E-state index is 11.2. The summed E-state index contributed by atoms with van der Waals surface area (Å²) in [6.45, 7) is 1.14. The number of aliphatic carboxylic acids is 2. The Labute approximate surface area is 97.8 Å². The Morgan fingerprint density at radius 2 is 1.82 bits per heavy atom. The summed E-state index contributed by atoms with van der Waals surface area (Å²) in [5.74, 6) is -6.70. The SMILES string of the molecule is [3H]C1(O)CC2C(C(=O)O)C2(NC(C)=O)C1C(=O)O. The minimum absolute atomic E-state index is 0.277. The van der Waals surface area contributed by atoms with Crippen LogP contribution in [0, 0.1) is 17.8 Å². The average molecular weight is 245 g/mol. The molecule has 2 aliphatic rings. The lowest BCUT2D eigenvalue weighted by Gasteiger charge is -2.24. The minimum Gasteiger partial charge on any atom is -0.481 e. The summed E-state index contributed by atoms with van der Waals surface area (Å²) in [6.07, 6.45) is -2.54. The summed E-state index contributed by atoms with van der Waals surface area (Å²) in [5, 5.41) is 30.2. The highest BCUT2D eigenvalue weighted by atomic mass is 16.4. The van der Waals surface area contributed by atoms with Crippen LogP contribution < -0.4 is 5.32 Å². The van der Waals surface area contributed by atoms with Gasteiger partial charge in [0.05, 0.1) is 18.9 Å². The van der Waals surface area contributed by atoms with Crippen molar-refractivity contribution >= 4 is 17.8 Å². The quantitative estimate of drug-likeness (QED) is 0.487. The zero-order valence-electron chi connectivity index (χ0n) is 10.0. The summed E-state index contributed by atoms with van der Waals surface area (Å²) in [5.41, 5.74) is -1.54. The largest absolute Gasteiger partial charge is 0.481 e. The number of hydrogen-bond donors (Lipinski definition) is 4. The Morgan fingerprint density at radius 3 is 2.24 bits per heavy atom. The Kier molecular flexibility index (Phi) is 2.12. The number of carboxylic acid groups (broad SMARTS) is 2. The van der Waals surface area contributed by atoms with Gasteiger partial charge in [0.2, 0.25) is 5.91 Å². The molecule has 0 heterocycles. The van der Waals surface area contributed by atoms with Crippen molar-refractivity contribution in [3.05, 3.63) is 0 Å². The van der Waals surface area contributed by atoms with E-state index in [0.29, 0.717) is 0 Å². The Bertz CT molecular complexity index is 450. The van der Waals surface area contributed by atoms with Crippen LogP contribution in [0.25, 0.3) is 0 Å². The van der Waals surface area contributed by atoms with Gasteiger partial charge in [0.1, 0.15) is 5.92 Å². The Balaban J connectivity index is 2.43. The molecular formula is C10H13NO6. The van der Waals surface area contributed by atoms with E-state index in [1.165, 1.54) is 0 Å². The molecule has 0 aromatic carbocycles. The molecule has 7 heteroatoms. The van der Waals surface area contributed by atoms with Crippen LogP contribution >= 0.6 is 0 Å². The first-order valence-electron chi connectivity index (χ1n) is 5.61. The molecule has 0 spiro atoms. The highest BCUT2D eigenvalue weighted by molar-refractivity contribution is 5.87. The topological polar surface area (TPSA) is 124 Å². The second-order valence-corrected chi connectivity index (χ2v) is 4.50. The molecule has 0 saturated heterocycles. The second-order valence-electron chi connectivity index (χ2n) is 4.50. The van der Waals surface area contributed by atoms with Crippen LogP contribution in [-0.2, 0) is 14.4 Å². The smallest absolute Gasteiger partial charge is 0.311 e. The van der Waals surface area contributed by atoms with E-state index >= 15 is 0 Å². The van der Waals surface area contributed by atoms with Crippen molar-refractivity contribution in [3.8, 4) is 0 Å². The van der Waals surface area contributed by atoms with Crippen LogP contribution in [0.3, 0.4) is 0 Å². The Morgan fingerprint density at radius 1 is 1.29 bits per heavy atom. The van der Waals surface area contributed by atoms with Crippen LogP contribution in [0.15, 0.2) is 0 Å². The molecule has 5 atom stereocenters. The van der Waals surface area contributed by atoms with E-state index in [1.807, 2.05) is 0 Å². The van der Waals surface area contributed by atoms with Gasteiger partial charge >= 0.3 is 11.9 Å². The first-order chi connectivity index (χ1) is 8.14. The van der Waals surface area contributed by atoms with E-state index in [9.17, 15) is 19.5 Å². The number of carbonyl (C=O) groups excluding carboxylic acids is 1. The normalized spacial score (nSPS) is 47.9. The minimum atomic E-state index is -2.26. The molecule has 5 unspecified atom stereocenters. The second kappa shape index (κ2) is 3.43. The summed E-state index contributed by atoms with van der Waals surface area (Å²) in [6, 6.07) is 0. The van der Waals surface area contributed by atoms with Gasteiger partial charge in [-0.05, 0) is 6.42 Å². The standard InChI is InChI=1S/C10H13NO6/c1-3(12)11-10-4(6(10)8(14)15)2-5(13)7(10)9(16)17/h4-7,13H,2H2,1H3,(H,11,12)(H,14,15)(H,16,17)/i5T. The number of nitrogens with one attached hydrogen (secondary N) is 1. The third-order valence-corrected chi connectivity index (χ3v) is 3.57. The van der Waals surface area contributed by atoms with Gasteiger partial charge in [-0.2, -0.15) is 0 Å². The summed E-state index contributed by atoms with van der Waals surface area (Å²) in [7, 11) is 0. The van der Waals surface area contributed by atoms with Crippen molar-refractivity contribution in [2.24, 2.45) is 17.8 Å². The molecule has 2 saturated carbocycles. The highest BCUT2D eigenvalue weighted by Gasteiger charge is 2.79. The molecule has 0 aromatic rings. The van der Waals surface area contributed by atoms with Gasteiger partial charge in [-0.25, -0.2) is 0 Å². The third-order valence-electron chi connectivity index (χ3n) is 3.57. The van der Waals surface area contributed by atoms with E-state index in [-0.39, 0.29) is 6.42 Å². The molecule has 4 N–H and O–H groups in total. The zero-order valence-corrected chi connectivity index (χ0v) is 9.01. The van der Waals surface area contributed by atoms with E-state index in [2.05, 4.69) is 5.32 Å². The molecule has 0 bridgehead atoms. The number of amides is 1. The van der Waals surface area contributed by atoms with Gasteiger partial charge in [0, 0.05) is 12.8 Å². The number of hydrogen-bond acceptors (Lipinski definition) is 4. The van der Waals surface area contributed by atoms with Gasteiger partial charge in [-0.15, -0.1) is 0 Å². The van der Waals surface area contributed by atoms with Crippen molar-refractivity contribution in [1.82, 2.24) is 5.32 Å². The molecule has 2 fully saturated rings. The van der Waals surface area contributed by atoms with E-state index in [0.717, 1.165) is 6.92 Å². The van der Waals surface area contributed by atoms with Gasteiger partial charge in [0.25, 0.3) is 0 Å². The van der Waals surface area contributed by atoms with Crippen LogP contribution in [0.5, 0.6) is 0 Å². The van der Waals surface area contributed by atoms with E-state index in [1.54, 1.807) is 0 Å². The number of carboxylic acids is 2. The molecule has 17 heavy (non-hydrogen) atoms. The molecule has 0 aromatic heterocycles. The summed E-state index contributed by atoms with van der Waals surface area (Å²) in [4.78, 5) is 33.4. The third kappa shape index (κ3) is 1.42. The van der Waals surface area contributed by atoms with Crippen molar-refractivity contribution in [2.45, 2.75) is 25.0 Å². The fourth-order valence-corrected chi connectivity index (χ4v) is 3.05. The van der Waals surface area contributed by atoms with Gasteiger partial charge in [-0.1, -0.05) is 0 Å². The molecule has 2 aliphatic carbocycles. The first-order valence-corrected chi connectivity index (χ1v) is 5.11. The maximum absolute atomic E-state index is 11.2. The van der Waals surface area contributed by atoms with Crippen molar-refractivity contribution in [1.29, 1.82) is 0 Å². The van der Waals surface area contributed by atoms with Crippen molar-refractivity contribution < 1.29 is 31.1 Å². The lowest BCUT2D eigenvalue weighted by atomic mass is 9.92. The highest BCUT2D eigenvalue weighted by Crippen LogP contribution is 2.64. The molecular weight excluding hydrogens is 230 g/mol. The molecule has 0 radical (unpaired) electrons. The van der Waals surface area contributed by atoms with Gasteiger partial charge in [-0.3, -0.25) is 14.4 Å². The van der Waals surface area contributed by atoms with Crippen LogP contribution in [-0.4, -0.2) is 44.8 Å². The molecule has 1 amide bonds. The van der Waals surface area contributed by atoms with Crippen LogP contribution in [0.1, 0.15) is 14.7 Å². The molecule has 2 rings (SSSR count). The van der Waals surface area contributed by atoms with E-state index in [4.69, 9.17) is 11.6 Å². The van der Waals surface area contributed by atoms with Crippen molar-refractivity contribution in [2.75, 3.05) is 0 Å². The average Bonchev–Trinajstić information content (AvgIpc) is 2.60. The van der Waals surface area contributed by atoms with Crippen LogP contribution in [0.4, 0.5) is 0 Å². The molecule has 7 nitrogen and oxygen atoms in total. The fourth-order valence-electron chi connectivity index (χ4n) is 3.05. The fraction of sp³-hybridized carbons (Fsp3) is 0.700. The van der Waals surface area contributed by atoms with Gasteiger partial charge < -0.3 is 20.6 Å². The number of aliphatic hydroxyl groups is 1. The zero-order chi connectivity index (χ0) is 13.9. The molecule has 0 aliphatic heterocycles. The number of carbonyl (C=O) groups is 3. The Hall–Kier alpha value is -1.63. The van der Waals surface area contributed by atoms with Crippen LogP contribution in [0.2, 0.25) is 0 Å². The predicted octanol–water partition coefficient (Wildman–Crippen LogP) is -1.34. The molecule has 94 valence electrons. The summed E-state index contributed by atoms with van der Waals surface area (Å²) >= 11 is 0. The van der Waals surface area contributed by atoms with E-state index < -0.39 is 47.2 Å². The first kappa shape index (κ1) is 10.5. The number of fused-ring (bicyclic) bond motifs is 1. The maximum Gasteiger partial charge on any atom is 0.311 e. The number of rotatable bonds is 3. The monoisotopic (exact) mass is 245 g/mol. The van der Waals surface area contributed by atoms with Crippen molar-refractivity contribution in [3.63, 3.8) is 0 Å². The lowest BCUT2D eigenvalue weighted by molar-refractivity contribution is -0.148. The summed E-state index contributed by atoms with van der Waals surface area (Å²) < 4.78 is 7.57. The predicted molar refractivity (Wildman–Crippen MR) is 52.9 cm³/mol.